The van der Waals surface area contributed by atoms with Crippen molar-refractivity contribution in [3.63, 3.8) is 0 Å². The molecule has 0 radical (unpaired) electrons. The largest absolute Gasteiger partial charge is 0.395 e. The lowest BCUT2D eigenvalue weighted by molar-refractivity contribution is -0.228. The van der Waals surface area contributed by atoms with Crippen molar-refractivity contribution in [1.82, 2.24) is 4.90 Å². The van der Waals surface area contributed by atoms with Gasteiger partial charge < -0.3 is 4.90 Å². The molecule has 0 bridgehead atoms. The number of hydrogen-bond donors (Lipinski definition) is 0. The molecule has 4 heteroatoms. The van der Waals surface area contributed by atoms with Crippen molar-refractivity contribution in [3.05, 3.63) is 12.3 Å². The van der Waals surface area contributed by atoms with Gasteiger partial charge in [0.2, 0.25) is 0 Å². The minimum atomic E-state index is -4.11. The zero-order valence-corrected chi connectivity index (χ0v) is 7.91. The number of halogens is 3. The first kappa shape index (κ1) is 10.4. The Kier molecular flexibility index (Phi) is 2.34. The minimum absolute atomic E-state index is 0.0231. The normalized spacial score (nSPS) is 30.8. The van der Waals surface area contributed by atoms with Crippen molar-refractivity contribution < 1.29 is 13.2 Å². The van der Waals surface area contributed by atoms with E-state index in [2.05, 4.69) is 6.58 Å². The molecule has 1 nitrogen and oxygen atoms in total. The number of alkyl halides is 3. The lowest BCUT2D eigenvalue weighted by Crippen LogP contribution is -2.47. The first-order chi connectivity index (χ1) is 5.76. The summed E-state index contributed by atoms with van der Waals surface area (Å²) in [5, 5.41) is 0. The van der Waals surface area contributed by atoms with Gasteiger partial charge in [-0.1, -0.05) is 6.58 Å². The second-order valence-electron chi connectivity index (χ2n) is 3.98. The third kappa shape index (κ3) is 1.81. The second kappa shape index (κ2) is 2.93. The van der Waals surface area contributed by atoms with E-state index >= 15 is 0 Å². The van der Waals surface area contributed by atoms with Crippen molar-refractivity contribution in [2.24, 2.45) is 5.41 Å². The Bertz CT molecular complexity index is 221. The molecule has 1 fully saturated rings. The standard InChI is InChI=1S/C9H14F3N/c1-7-4-5-8(2,6-13(7)3)9(10,11)12/h1,4-6H2,2-3H3. The van der Waals surface area contributed by atoms with Crippen LogP contribution >= 0.6 is 0 Å². The molecule has 1 unspecified atom stereocenters. The summed E-state index contributed by atoms with van der Waals surface area (Å²) in [4.78, 5) is 1.59. The van der Waals surface area contributed by atoms with Gasteiger partial charge in [0, 0.05) is 19.3 Å². The van der Waals surface area contributed by atoms with Crippen LogP contribution in [0.5, 0.6) is 0 Å². The molecule has 1 aliphatic rings. The first-order valence-electron chi connectivity index (χ1n) is 4.22. The predicted octanol–water partition coefficient (Wildman–Crippen LogP) is 2.79. The summed E-state index contributed by atoms with van der Waals surface area (Å²) in [6.07, 6.45) is -3.52. The van der Waals surface area contributed by atoms with Crippen molar-refractivity contribution in [2.75, 3.05) is 13.6 Å². The highest BCUT2D eigenvalue weighted by Crippen LogP contribution is 2.45. The third-order valence-corrected chi connectivity index (χ3v) is 2.78. The van der Waals surface area contributed by atoms with Gasteiger partial charge in [0.1, 0.15) is 0 Å². The van der Waals surface area contributed by atoms with Crippen LogP contribution in [0.1, 0.15) is 19.8 Å². The Balaban J connectivity index is 2.79. The Labute approximate surface area is 76.2 Å². The number of piperidine rings is 1. The molecule has 13 heavy (non-hydrogen) atoms. The molecule has 0 aromatic carbocycles. The minimum Gasteiger partial charge on any atom is -0.377 e. The van der Waals surface area contributed by atoms with Crippen LogP contribution in [-0.2, 0) is 0 Å². The van der Waals surface area contributed by atoms with Gasteiger partial charge in [-0.05, 0) is 19.8 Å². The summed E-state index contributed by atoms with van der Waals surface area (Å²) in [7, 11) is 1.66. The van der Waals surface area contributed by atoms with E-state index in [1.54, 1.807) is 11.9 Å². The second-order valence-corrected chi connectivity index (χ2v) is 3.98. The Morgan fingerprint density at radius 3 is 2.38 bits per heavy atom. The molecule has 76 valence electrons. The van der Waals surface area contributed by atoms with E-state index in [-0.39, 0.29) is 13.0 Å². The molecule has 0 aromatic rings. The first-order valence-corrected chi connectivity index (χ1v) is 4.22. The third-order valence-electron chi connectivity index (χ3n) is 2.78. The quantitative estimate of drug-likeness (QED) is 0.571. The van der Waals surface area contributed by atoms with E-state index in [0.717, 1.165) is 5.70 Å². The van der Waals surface area contributed by atoms with Crippen LogP contribution in [0.25, 0.3) is 0 Å². The number of hydrogen-bond acceptors (Lipinski definition) is 1. The lowest BCUT2D eigenvalue weighted by atomic mass is 9.80. The Morgan fingerprint density at radius 1 is 1.46 bits per heavy atom. The van der Waals surface area contributed by atoms with Crippen LogP contribution in [-0.4, -0.2) is 24.7 Å². The lowest BCUT2D eigenvalue weighted by Gasteiger charge is -2.41. The van der Waals surface area contributed by atoms with Gasteiger partial charge in [0.05, 0.1) is 5.41 Å². The fourth-order valence-corrected chi connectivity index (χ4v) is 1.56. The van der Waals surface area contributed by atoms with Crippen LogP contribution in [0.2, 0.25) is 0 Å². The molecule has 0 aromatic heterocycles. The van der Waals surface area contributed by atoms with Gasteiger partial charge in [-0.25, -0.2) is 0 Å². The SMILES string of the molecule is C=C1CCC(C)(C(F)(F)F)CN1C. The zero-order valence-electron chi connectivity index (χ0n) is 7.91. The molecule has 1 aliphatic heterocycles. The van der Waals surface area contributed by atoms with Gasteiger partial charge in [0.25, 0.3) is 0 Å². The molecular formula is C9H14F3N. The maximum Gasteiger partial charge on any atom is 0.395 e. The maximum absolute atomic E-state index is 12.6. The fourth-order valence-electron chi connectivity index (χ4n) is 1.56. The Hall–Kier alpha value is -0.670. The molecule has 1 heterocycles. The van der Waals surface area contributed by atoms with Crippen LogP contribution in [0.4, 0.5) is 13.2 Å². The van der Waals surface area contributed by atoms with Crippen molar-refractivity contribution in [3.8, 4) is 0 Å². The van der Waals surface area contributed by atoms with Crippen molar-refractivity contribution >= 4 is 0 Å². The van der Waals surface area contributed by atoms with Gasteiger partial charge in [-0.15, -0.1) is 0 Å². The summed E-state index contributed by atoms with van der Waals surface area (Å²) < 4.78 is 37.7. The monoisotopic (exact) mass is 193 g/mol. The number of allylic oxidation sites excluding steroid dienone is 1. The molecule has 0 spiro atoms. The van der Waals surface area contributed by atoms with Gasteiger partial charge >= 0.3 is 6.18 Å². The van der Waals surface area contributed by atoms with Gasteiger partial charge in [-0.2, -0.15) is 13.2 Å². The molecule has 0 amide bonds. The fraction of sp³-hybridized carbons (Fsp3) is 0.778. The molecule has 0 saturated carbocycles. The van der Waals surface area contributed by atoms with Gasteiger partial charge in [-0.3, -0.25) is 0 Å². The average Bonchev–Trinajstić information content (AvgIpc) is 1.95. The molecular weight excluding hydrogens is 179 g/mol. The number of nitrogens with zero attached hydrogens (tertiary/aromatic N) is 1. The topological polar surface area (TPSA) is 3.24 Å². The van der Waals surface area contributed by atoms with E-state index < -0.39 is 11.6 Å². The predicted molar refractivity (Wildman–Crippen MR) is 45.2 cm³/mol. The molecule has 0 N–H and O–H groups in total. The molecule has 1 atom stereocenters. The summed E-state index contributed by atoms with van der Waals surface area (Å²) in [6.45, 7) is 5.00. The van der Waals surface area contributed by atoms with E-state index in [1.165, 1.54) is 6.92 Å². The summed E-state index contributed by atoms with van der Waals surface area (Å²) in [6, 6.07) is 0. The van der Waals surface area contributed by atoms with E-state index in [1.807, 2.05) is 0 Å². The van der Waals surface area contributed by atoms with E-state index in [0.29, 0.717) is 6.42 Å². The molecule has 1 rings (SSSR count). The summed E-state index contributed by atoms with van der Waals surface area (Å²) >= 11 is 0. The van der Waals surface area contributed by atoms with Crippen molar-refractivity contribution in [1.29, 1.82) is 0 Å². The summed E-state index contributed by atoms with van der Waals surface area (Å²) in [5.74, 6) is 0. The van der Waals surface area contributed by atoms with E-state index in [4.69, 9.17) is 0 Å². The van der Waals surface area contributed by atoms with Crippen LogP contribution in [0, 0.1) is 5.41 Å². The van der Waals surface area contributed by atoms with Gasteiger partial charge in [0.15, 0.2) is 0 Å². The van der Waals surface area contributed by atoms with Crippen LogP contribution in [0.15, 0.2) is 12.3 Å². The molecule has 0 aliphatic carbocycles. The number of rotatable bonds is 0. The highest BCUT2D eigenvalue weighted by Gasteiger charge is 2.52. The maximum atomic E-state index is 12.6. The van der Waals surface area contributed by atoms with E-state index in [9.17, 15) is 13.2 Å². The van der Waals surface area contributed by atoms with Crippen LogP contribution in [0.3, 0.4) is 0 Å². The van der Waals surface area contributed by atoms with Crippen molar-refractivity contribution in [2.45, 2.75) is 25.9 Å². The average molecular weight is 193 g/mol. The highest BCUT2D eigenvalue weighted by molar-refractivity contribution is 5.03. The number of likely N-dealkylation sites (tertiary alicyclic amines) is 1. The zero-order chi connectivity index (χ0) is 10.3. The Morgan fingerprint density at radius 2 is 2.00 bits per heavy atom. The summed E-state index contributed by atoms with van der Waals surface area (Å²) in [5.41, 5.74) is -0.773. The van der Waals surface area contributed by atoms with Crippen LogP contribution < -0.4 is 0 Å². The highest BCUT2D eigenvalue weighted by atomic mass is 19.4. The molecule has 1 saturated heterocycles. The smallest absolute Gasteiger partial charge is 0.377 e.